The normalized spacial score (nSPS) is 20.7. The van der Waals surface area contributed by atoms with E-state index in [4.69, 9.17) is 9.47 Å². The molecular formula is C39H59F3O6. The van der Waals surface area contributed by atoms with Crippen molar-refractivity contribution in [1.29, 1.82) is 0 Å². The lowest BCUT2D eigenvalue weighted by Gasteiger charge is -2.19. The Hall–Kier alpha value is -2.62. The van der Waals surface area contributed by atoms with Crippen LogP contribution in [-0.2, 0) is 15.7 Å². The molecule has 3 N–H and O–H groups in total. The fourth-order valence-electron chi connectivity index (χ4n) is 5.95. The summed E-state index contributed by atoms with van der Waals surface area (Å²) in [6, 6.07) is 4.44. The average Bonchev–Trinajstić information content (AvgIpc) is 3.33. The lowest BCUT2D eigenvalue weighted by atomic mass is 9.89. The molecule has 9 heteroatoms. The molecule has 6 nitrogen and oxygen atoms in total. The number of allylic oxidation sites excluding steroid dienone is 4. The second-order valence-corrected chi connectivity index (χ2v) is 13.0. The highest BCUT2D eigenvalue weighted by atomic mass is 19.4. The molecule has 2 rings (SSSR count). The summed E-state index contributed by atoms with van der Waals surface area (Å²) in [7, 11) is 0. The molecule has 0 spiro atoms. The smallest absolute Gasteiger partial charge is 0.416 e. The standard InChI is InChI=1S/C39H59F3O6/c1-2-3-4-5-6-7-8-9-10-11-12-13-16-19-27-47-38(46)24-18-15-14-17-23-34-35(37(45)29-36(34)44)26-25-32(43)30-48-33-22-20-21-31(28-33)39(40,41)42/h7-8,14,17,20-22,25-26,28,32,34-37,43-45H,2-6,9-13,15-16,18-19,23-24,27,29-30H2,1H3/b8-7-,17-14-,26-25+/t32-,34-,35-,36+,37-/m1/s1. The highest BCUT2D eigenvalue weighted by Gasteiger charge is 2.39. The van der Waals surface area contributed by atoms with Crippen LogP contribution >= 0.6 is 0 Å². The number of esters is 1. The van der Waals surface area contributed by atoms with Crippen molar-refractivity contribution in [3.05, 3.63) is 66.3 Å². The number of hydrogen-bond acceptors (Lipinski definition) is 6. The highest BCUT2D eigenvalue weighted by molar-refractivity contribution is 5.69. The van der Waals surface area contributed by atoms with Crippen LogP contribution in [0.2, 0.25) is 0 Å². The molecule has 1 aromatic carbocycles. The summed E-state index contributed by atoms with van der Waals surface area (Å²) in [5, 5.41) is 31.2. The van der Waals surface area contributed by atoms with Crippen LogP contribution in [0.5, 0.6) is 5.75 Å². The van der Waals surface area contributed by atoms with E-state index in [2.05, 4.69) is 19.1 Å². The molecule has 0 amide bonds. The molecule has 0 unspecified atom stereocenters. The van der Waals surface area contributed by atoms with Crippen molar-refractivity contribution in [3.8, 4) is 5.75 Å². The Labute approximate surface area is 286 Å². The predicted molar refractivity (Wildman–Crippen MR) is 184 cm³/mol. The molecule has 0 bridgehead atoms. The molecule has 0 saturated heterocycles. The number of aliphatic hydroxyl groups is 3. The lowest BCUT2D eigenvalue weighted by molar-refractivity contribution is -0.144. The van der Waals surface area contributed by atoms with Crippen molar-refractivity contribution in [2.45, 2.75) is 141 Å². The summed E-state index contributed by atoms with van der Waals surface area (Å²) < 4.78 is 49.4. The zero-order valence-corrected chi connectivity index (χ0v) is 28.8. The molecule has 272 valence electrons. The van der Waals surface area contributed by atoms with Crippen LogP contribution in [0.25, 0.3) is 0 Å². The van der Waals surface area contributed by atoms with E-state index in [9.17, 15) is 33.3 Å². The fourth-order valence-corrected chi connectivity index (χ4v) is 5.95. The van der Waals surface area contributed by atoms with Crippen LogP contribution in [0.3, 0.4) is 0 Å². The van der Waals surface area contributed by atoms with Crippen LogP contribution in [-0.4, -0.2) is 52.8 Å². The maximum atomic E-state index is 12.9. The number of hydrogen-bond donors (Lipinski definition) is 3. The van der Waals surface area contributed by atoms with Crippen molar-refractivity contribution in [2.24, 2.45) is 11.8 Å². The van der Waals surface area contributed by atoms with E-state index in [1.165, 1.54) is 82.4 Å². The van der Waals surface area contributed by atoms with Crippen LogP contribution in [0.4, 0.5) is 13.2 Å². The third kappa shape index (κ3) is 18.2. The van der Waals surface area contributed by atoms with Gasteiger partial charge in [-0.05, 0) is 75.5 Å². The van der Waals surface area contributed by atoms with E-state index in [1.54, 1.807) is 6.08 Å². The molecule has 1 aromatic rings. The predicted octanol–water partition coefficient (Wildman–Crippen LogP) is 9.28. The van der Waals surface area contributed by atoms with E-state index in [0.717, 1.165) is 25.0 Å². The second-order valence-electron chi connectivity index (χ2n) is 13.0. The summed E-state index contributed by atoms with van der Waals surface area (Å²) in [5.74, 6) is -0.834. The van der Waals surface area contributed by atoms with E-state index in [0.29, 0.717) is 32.3 Å². The summed E-state index contributed by atoms with van der Waals surface area (Å²) >= 11 is 0. The van der Waals surface area contributed by atoms with E-state index < -0.39 is 36.0 Å². The number of carbonyl (C=O) groups excluding carboxylic acids is 1. The van der Waals surface area contributed by atoms with Crippen molar-refractivity contribution < 1.29 is 42.8 Å². The maximum absolute atomic E-state index is 12.9. The quantitative estimate of drug-likeness (QED) is 0.0541. The van der Waals surface area contributed by atoms with Crippen LogP contribution in [0, 0.1) is 11.8 Å². The maximum Gasteiger partial charge on any atom is 0.416 e. The molecule has 1 saturated carbocycles. The number of benzene rings is 1. The molecule has 1 aliphatic carbocycles. The Morgan fingerprint density at radius 3 is 2.25 bits per heavy atom. The van der Waals surface area contributed by atoms with Gasteiger partial charge in [-0.25, -0.2) is 0 Å². The van der Waals surface area contributed by atoms with Gasteiger partial charge in [0.25, 0.3) is 0 Å². The van der Waals surface area contributed by atoms with Gasteiger partial charge in [-0.3, -0.25) is 4.79 Å². The Balaban J connectivity index is 1.54. The van der Waals surface area contributed by atoms with Crippen LogP contribution in [0.15, 0.2) is 60.7 Å². The first kappa shape index (κ1) is 41.6. The molecule has 1 aliphatic rings. The molecule has 0 heterocycles. The minimum absolute atomic E-state index is 0.00626. The number of carbonyl (C=O) groups is 1. The first-order chi connectivity index (χ1) is 23.1. The highest BCUT2D eigenvalue weighted by Crippen LogP contribution is 2.36. The van der Waals surface area contributed by atoms with Crippen LogP contribution < -0.4 is 4.74 Å². The number of halogens is 3. The largest absolute Gasteiger partial charge is 0.491 e. The van der Waals surface area contributed by atoms with Gasteiger partial charge in [-0.15, -0.1) is 0 Å². The minimum atomic E-state index is -4.49. The van der Waals surface area contributed by atoms with Gasteiger partial charge in [-0.1, -0.05) is 94.4 Å². The Morgan fingerprint density at radius 1 is 0.896 bits per heavy atom. The number of unbranched alkanes of at least 4 members (excludes halogenated alkanes) is 11. The van der Waals surface area contributed by atoms with E-state index in [1.807, 2.05) is 12.2 Å². The SMILES string of the molecule is CCCCCC/C=C\CCCCCCCCOC(=O)CCC/C=C\C[C@@H]1[C@@H](/C=C/[C@@H](O)COc2cccc(C(F)(F)F)c2)[C@H](O)C[C@@H]1O. The Kier molecular flexibility index (Phi) is 21.2. The summed E-state index contributed by atoms with van der Waals surface area (Å²) in [6.45, 7) is 2.45. The third-order valence-corrected chi connectivity index (χ3v) is 8.80. The van der Waals surface area contributed by atoms with Gasteiger partial charge in [0.2, 0.25) is 0 Å². The molecule has 0 aromatic heterocycles. The molecule has 1 fully saturated rings. The van der Waals surface area contributed by atoms with Gasteiger partial charge in [0.15, 0.2) is 0 Å². The topological polar surface area (TPSA) is 96.2 Å². The van der Waals surface area contributed by atoms with Crippen molar-refractivity contribution in [2.75, 3.05) is 13.2 Å². The fraction of sp³-hybridized carbons (Fsp3) is 0.667. The van der Waals surface area contributed by atoms with E-state index in [-0.39, 0.29) is 30.7 Å². The summed E-state index contributed by atoms with van der Waals surface area (Å²) in [4.78, 5) is 12.1. The first-order valence-corrected chi connectivity index (χ1v) is 18.1. The minimum Gasteiger partial charge on any atom is -0.491 e. The molecule has 5 atom stereocenters. The average molecular weight is 681 g/mol. The van der Waals surface area contributed by atoms with Crippen molar-refractivity contribution in [1.82, 2.24) is 0 Å². The van der Waals surface area contributed by atoms with E-state index >= 15 is 0 Å². The Morgan fingerprint density at radius 2 is 1.54 bits per heavy atom. The van der Waals surface area contributed by atoms with Crippen LogP contribution in [0.1, 0.15) is 122 Å². The molecular weight excluding hydrogens is 621 g/mol. The molecule has 0 radical (unpaired) electrons. The first-order valence-electron chi connectivity index (χ1n) is 18.1. The zero-order valence-electron chi connectivity index (χ0n) is 28.8. The monoisotopic (exact) mass is 680 g/mol. The number of alkyl halides is 3. The number of aliphatic hydroxyl groups excluding tert-OH is 3. The summed E-state index contributed by atoms with van der Waals surface area (Å²) in [5.41, 5.74) is -0.835. The van der Waals surface area contributed by atoms with Crippen molar-refractivity contribution in [3.63, 3.8) is 0 Å². The number of rotatable bonds is 25. The van der Waals surface area contributed by atoms with Gasteiger partial charge in [0, 0.05) is 18.8 Å². The van der Waals surface area contributed by atoms with Gasteiger partial charge >= 0.3 is 12.1 Å². The van der Waals surface area contributed by atoms with Gasteiger partial charge in [0.1, 0.15) is 18.5 Å². The van der Waals surface area contributed by atoms with Gasteiger partial charge in [0.05, 0.1) is 24.4 Å². The Bertz CT molecular complexity index is 1090. The van der Waals surface area contributed by atoms with Crippen molar-refractivity contribution >= 4 is 5.97 Å². The molecule has 48 heavy (non-hydrogen) atoms. The summed E-state index contributed by atoms with van der Waals surface area (Å²) in [6.07, 6.45) is 21.5. The second kappa shape index (κ2) is 24.5. The number of ether oxygens (including phenoxy) is 2. The third-order valence-electron chi connectivity index (χ3n) is 8.80. The van der Waals surface area contributed by atoms with Gasteiger partial charge in [-0.2, -0.15) is 13.2 Å². The lowest BCUT2D eigenvalue weighted by Crippen LogP contribution is -2.21. The van der Waals surface area contributed by atoms with Gasteiger partial charge < -0.3 is 24.8 Å². The molecule has 0 aliphatic heterocycles. The zero-order chi connectivity index (χ0) is 35.0.